The minimum atomic E-state index is -0.422. The van der Waals surface area contributed by atoms with Crippen molar-refractivity contribution in [1.82, 2.24) is 9.88 Å². The number of nitrogens with one attached hydrogen (secondary N) is 1. The van der Waals surface area contributed by atoms with Gasteiger partial charge in [-0.2, -0.15) is 0 Å². The summed E-state index contributed by atoms with van der Waals surface area (Å²) in [4.78, 5) is 32.9. The summed E-state index contributed by atoms with van der Waals surface area (Å²) in [6.45, 7) is 9.26. The van der Waals surface area contributed by atoms with Crippen LogP contribution in [0.1, 0.15) is 27.0 Å². The van der Waals surface area contributed by atoms with Crippen molar-refractivity contribution in [2.24, 2.45) is 0 Å². The normalized spacial score (nSPS) is 14.4. The summed E-state index contributed by atoms with van der Waals surface area (Å²) < 4.78 is 0. The average molecular weight is 466 g/mol. The van der Waals surface area contributed by atoms with Crippen molar-refractivity contribution in [1.29, 1.82) is 0 Å². The molecule has 0 radical (unpaired) electrons. The molecule has 1 aromatic heterocycles. The average Bonchev–Trinajstić information content (AvgIpc) is 3.21. The van der Waals surface area contributed by atoms with Crippen LogP contribution < -0.4 is 10.2 Å². The van der Waals surface area contributed by atoms with E-state index in [9.17, 15) is 14.9 Å². The molecular weight excluding hydrogens is 438 g/mol. The third-order valence-electron chi connectivity index (χ3n) is 5.94. The number of thiazole rings is 1. The first-order chi connectivity index (χ1) is 15.7. The molecule has 172 valence electrons. The van der Waals surface area contributed by atoms with Gasteiger partial charge in [0.25, 0.3) is 11.6 Å². The second-order valence-electron chi connectivity index (χ2n) is 8.52. The number of nitro groups is 1. The molecule has 3 aromatic rings. The van der Waals surface area contributed by atoms with Gasteiger partial charge in [-0.05, 0) is 51.1 Å². The molecule has 0 aliphatic carbocycles. The maximum Gasteiger partial charge on any atom is 0.293 e. The fraction of sp³-hybridized carbons (Fsp3) is 0.333. The summed E-state index contributed by atoms with van der Waals surface area (Å²) in [5.41, 5.74) is 6.05. The van der Waals surface area contributed by atoms with E-state index in [1.54, 1.807) is 12.1 Å². The molecular formula is C24H27N5O3S. The monoisotopic (exact) mass is 465 g/mol. The molecule has 9 heteroatoms. The van der Waals surface area contributed by atoms with Crippen molar-refractivity contribution in [3.05, 3.63) is 68.1 Å². The Morgan fingerprint density at radius 3 is 2.39 bits per heavy atom. The molecule has 0 spiro atoms. The minimum Gasteiger partial charge on any atom is -0.363 e. The van der Waals surface area contributed by atoms with E-state index in [4.69, 9.17) is 0 Å². The third kappa shape index (κ3) is 4.89. The zero-order chi connectivity index (χ0) is 23.7. The lowest BCUT2D eigenvalue weighted by Crippen LogP contribution is -2.44. The lowest BCUT2D eigenvalue weighted by atomic mass is 9.98. The van der Waals surface area contributed by atoms with Gasteiger partial charge >= 0.3 is 0 Å². The molecule has 0 saturated carbocycles. The Bertz CT molecular complexity index is 1190. The number of amides is 1. The number of carbonyl (C=O) groups excluding carboxylic acids is 1. The van der Waals surface area contributed by atoms with Gasteiger partial charge < -0.3 is 9.80 Å². The van der Waals surface area contributed by atoms with E-state index in [1.807, 2.05) is 31.2 Å². The lowest BCUT2D eigenvalue weighted by Gasteiger charge is -2.33. The Morgan fingerprint density at radius 1 is 1.09 bits per heavy atom. The predicted octanol–water partition coefficient (Wildman–Crippen LogP) is 4.65. The van der Waals surface area contributed by atoms with Gasteiger partial charge in [0, 0.05) is 48.8 Å². The summed E-state index contributed by atoms with van der Waals surface area (Å²) in [6.07, 6.45) is 0. The number of benzene rings is 2. The maximum absolute atomic E-state index is 12.9. The molecule has 1 aliphatic rings. The van der Waals surface area contributed by atoms with E-state index in [1.165, 1.54) is 23.0 Å². The van der Waals surface area contributed by atoms with Crippen LogP contribution in [0.3, 0.4) is 0 Å². The Kier molecular flexibility index (Phi) is 6.44. The highest BCUT2D eigenvalue weighted by Crippen LogP contribution is 2.33. The fourth-order valence-corrected chi connectivity index (χ4v) is 5.02. The lowest BCUT2D eigenvalue weighted by molar-refractivity contribution is -0.384. The third-order valence-corrected chi connectivity index (χ3v) is 6.69. The van der Waals surface area contributed by atoms with Crippen molar-refractivity contribution in [3.8, 4) is 11.3 Å². The second kappa shape index (κ2) is 9.29. The first-order valence-corrected chi connectivity index (χ1v) is 11.7. The summed E-state index contributed by atoms with van der Waals surface area (Å²) in [6, 6.07) is 8.89. The van der Waals surface area contributed by atoms with Gasteiger partial charge in [0.15, 0.2) is 5.13 Å². The van der Waals surface area contributed by atoms with Crippen LogP contribution in [0.25, 0.3) is 11.3 Å². The molecule has 0 bridgehead atoms. The Labute approximate surface area is 197 Å². The molecule has 8 nitrogen and oxygen atoms in total. The van der Waals surface area contributed by atoms with Crippen LogP contribution in [0.15, 0.2) is 35.7 Å². The standard InChI is InChI=1S/C24H27N5O3S/c1-15-11-16(2)22(17(3)12-15)19-14-33-24(25-19)26-23(30)18-5-6-20(21(13-18)29(31)32)28-9-7-27(4)8-10-28/h5-6,11-14H,7-10H2,1-4H3,(H,25,26,30). The number of aromatic nitrogens is 1. The summed E-state index contributed by atoms with van der Waals surface area (Å²) in [5.74, 6) is -0.415. The van der Waals surface area contributed by atoms with Gasteiger partial charge in [0.1, 0.15) is 5.69 Å². The minimum absolute atomic E-state index is 0.0575. The van der Waals surface area contributed by atoms with E-state index in [-0.39, 0.29) is 11.3 Å². The maximum atomic E-state index is 12.9. The van der Waals surface area contributed by atoms with E-state index >= 15 is 0 Å². The number of likely N-dealkylation sites (N-methyl/N-ethyl adjacent to an activating group) is 1. The van der Waals surface area contributed by atoms with Crippen molar-refractivity contribution >= 4 is 33.8 Å². The number of anilines is 2. The Hall–Kier alpha value is -3.30. The van der Waals surface area contributed by atoms with Gasteiger partial charge in [-0.15, -0.1) is 11.3 Å². The Morgan fingerprint density at radius 2 is 1.76 bits per heavy atom. The molecule has 0 atom stereocenters. The number of aryl methyl sites for hydroxylation is 3. The van der Waals surface area contributed by atoms with Crippen LogP contribution in [-0.4, -0.2) is 53.9 Å². The van der Waals surface area contributed by atoms with E-state index < -0.39 is 10.8 Å². The predicted molar refractivity (Wildman–Crippen MR) is 133 cm³/mol. The number of hydrogen-bond acceptors (Lipinski definition) is 7. The number of carbonyl (C=O) groups is 1. The van der Waals surface area contributed by atoms with Gasteiger partial charge in [-0.25, -0.2) is 4.98 Å². The number of piperazine rings is 1. The smallest absolute Gasteiger partial charge is 0.293 e. The molecule has 1 fully saturated rings. The molecule has 2 aromatic carbocycles. The molecule has 33 heavy (non-hydrogen) atoms. The topological polar surface area (TPSA) is 91.6 Å². The molecule has 1 saturated heterocycles. The van der Waals surface area contributed by atoms with Crippen LogP contribution in [-0.2, 0) is 0 Å². The second-order valence-corrected chi connectivity index (χ2v) is 9.37. The summed E-state index contributed by atoms with van der Waals surface area (Å²) >= 11 is 1.34. The molecule has 4 rings (SSSR count). The van der Waals surface area contributed by atoms with Gasteiger partial charge in [-0.1, -0.05) is 17.7 Å². The van der Waals surface area contributed by atoms with Crippen LogP contribution in [0, 0.1) is 30.9 Å². The van der Waals surface area contributed by atoms with Crippen LogP contribution in [0.5, 0.6) is 0 Å². The van der Waals surface area contributed by atoms with E-state index in [0.29, 0.717) is 23.9 Å². The Balaban J connectivity index is 1.55. The number of rotatable bonds is 5. The molecule has 0 unspecified atom stereocenters. The first kappa shape index (κ1) is 22.9. The zero-order valence-electron chi connectivity index (χ0n) is 19.2. The highest BCUT2D eigenvalue weighted by Gasteiger charge is 2.24. The number of hydrogen-bond donors (Lipinski definition) is 1. The first-order valence-electron chi connectivity index (χ1n) is 10.8. The molecule has 1 N–H and O–H groups in total. The van der Waals surface area contributed by atoms with Crippen molar-refractivity contribution in [2.75, 3.05) is 43.4 Å². The van der Waals surface area contributed by atoms with Crippen LogP contribution in [0.2, 0.25) is 0 Å². The SMILES string of the molecule is Cc1cc(C)c(-c2csc(NC(=O)c3ccc(N4CCN(C)CC4)c([N+](=O)[O-])c3)n2)c(C)c1. The number of nitro benzene ring substituents is 1. The van der Waals surface area contributed by atoms with Crippen LogP contribution in [0.4, 0.5) is 16.5 Å². The summed E-state index contributed by atoms with van der Waals surface area (Å²) in [7, 11) is 2.03. The highest BCUT2D eigenvalue weighted by molar-refractivity contribution is 7.14. The van der Waals surface area contributed by atoms with Crippen molar-refractivity contribution in [3.63, 3.8) is 0 Å². The fourth-order valence-electron chi connectivity index (χ4n) is 4.32. The van der Waals surface area contributed by atoms with E-state index in [2.05, 4.69) is 34.3 Å². The molecule has 1 amide bonds. The van der Waals surface area contributed by atoms with Gasteiger partial charge in [0.05, 0.1) is 10.6 Å². The highest BCUT2D eigenvalue weighted by atomic mass is 32.1. The van der Waals surface area contributed by atoms with Crippen molar-refractivity contribution < 1.29 is 9.72 Å². The quantitative estimate of drug-likeness (QED) is 0.436. The van der Waals surface area contributed by atoms with Crippen LogP contribution >= 0.6 is 11.3 Å². The number of nitrogens with zero attached hydrogens (tertiary/aromatic N) is 4. The van der Waals surface area contributed by atoms with Gasteiger partial charge in [-0.3, -0.25) is 20.2 Å². The zero-order valence-corrected chi connectivity index (χ0v) is 20.0. The van der Waals surface area contributed by atoms with Crippen molar-refractivity contribution in [2.45, 2.75) is 20.8 Å². The van der Waals surface area contributed by atoms with E-state index in [0.717, 1.165) is 35.5 Å². The molecule has 1 aliphatic heterocycles. The largest absolute Gasteiger partial charge is 0.363 e. The summed E-state index contributed by atoms with van der Waals surface area (Å²) in [5, 5.41) is 16.9. The van der Waals surface area contributed by atoms with Gasteiger partial charge in [0.2, 0.25) is 0 Å². The molecule has 2 heterocycles.